The normalized spacial score (nSPS) is 14.7. The Labute approximate surface area is 98.6 Å². The number of nitrogens with one attached hydrogen (secondary N) is 1. The first-order valence-electron chi connectivity index (χ1n) is 5.66. The van der Waals surface area contributed by atoms with Gasteiger partial charge in [0.05, 0.1) is 12.8 Å². The van der Waals surface area contributed by atoms with Gasteiger partial charge >= 0.3 is 0 Å². The molecule has 1 aromatic carbocycles. The lowest BCUT2D eigenvalue weighted by molar-refractivity contribution is 0.408. The Bertz CT molecular complexity index is 583. The second kappa shape index (κ2) is 3.96. The van der Waals surface area contributed by atoms with Crippen molar-refractivity contribution in [2.75, 3.05) is 13.7 Å². The summed E-state index contributed by atoms with van der Waals surface area (Å²) in [6, 6.07) is 4.96. The molecule has 1 aromatic heterocycles. The van der Waals surface area contributed by atoms with Gasteiger partial charge in [0, 0.05) is 30.5 Å². The van der Waals surface area contributed by atoms with Crippen molar-refractivity contribution in [1.29, 1.82) is 0 Å². The monoisotopic (exact) mass is 232 g/mol. The molecule has 1 N–H and O–H groups in total. The highest BCUT2D eigenvalue weighted by Crippen LogP contribution is 2.33. The summed E-state index contributed by atoms with van der Waals surface area (Å²) in [7, 11) is 1.62. The minimum absolute atomic E-state index is 0.290. The van der Waals surface area contributed by atoms with Crippen LogP contribution in [0.15, 0.2) is 18.2 Å². The number of para-hydroxylation sites is 1. The van der Waals surface area contributed by atoms with Crippen LogP contribution in [-0.2, 0) is 13.0 Å². The molecule has 2 aromatic rings. The van der Waals surface area contributed by atoms with Crippen molar-refractivity contribution < 1.29 is 9.13 Å². The summed E-state index contributed by atoms with van der Waals surface area (Å²) < 4.78 is 19.2. The molecular formula is C13H13FN2O. The highest BCUT2D eigenvalue weighted by molar-refractivity contribution is 5.87. The van der Waals surface area contributed by atoms with E-state index in [0.717, 1.165) is 41.9 Å². The number of ether oxygens (including phenoxy) is 1. The van der Waals surface area contributed by atoms with Gasteiger partial charge in [-0.2, -0.15) is 0 Å². The van der Waals surface area contributed by atoms with Crippen molar-refractivity contribution in [3.63, 3.8) is 0 Å². The fourth-order valence-corrected chi connectivity index (χ4v) is 2.35. The standard InChI is InChI=1S/C13H13FN2O/c1-17-13-8-3-2-4-10(14)12(8)16-11-5-6-15-7-9(11)13/h2-4,15H,5-7H2,1H3. The highest BCUT2D eigenvalue weighted by Gasteiger charge is 2.19. The molecule has 0 bridgehead atoms. The first kappa shape index (κ1) is 10.5. The molecule has 0 aliphatic carbocycles. The Morgan fingerprint density at radius 3 is 3.12 bits per heavy atom. The van der Waals surface area contributed by atoms with Crippen LogP contribution in [-0.4, -0.2) is 18.6 Å². The molecule has 3 rings (SSSR count). The number of nitrogens with zero attached hydrogens (tertiary/aromatic N) is 1. The van der Waals surface area contributed by atoms with Gasteiger partial charge in [0.15, 0.2) is 0 Å². The maximum Gasteiger partial charge on any atom is 0.149 e. The third-order valence-electron chi connectivity index (χ3n) is 3.15. The summed E-state index contributed by atoms with van der Waals surface area (Å²) in [5.41, 5.74) is 2.40. The van der Waals surface area contributed by atoms with E-state index >= 15 is 0 Å². The van der Waals surface area contributed by atoms with Gasteiger partial charge in [0.1, 0.15) is 17.1 Å². The van der Waals surface area contributed by atoms with Crippen molar-refractivity contribution in [2.24, 2.45) is 0 Å². The third-order valence-corrected chi connectivity index (χ3v) is 3.15. The molecule has 0 saturated heterocycles. The van der Waals surface area contributed by atoms with Gasteiger partial charge in [0.25, 0.3) is 0 Å². The highest BCUT2D eigenvalue weighted by atomic mass is 19.1. The Morgan fingerprint density at radius 2 is 2.29 bits per heavy atom. The van der Waals surface area contributed by atoms with Crippen molar-refractivity contribution in [1.82, 2.24) is 10.3 Å². The Kier molecular flexibility index (Phi) is 2.44. The van der Waals surface area contributed by atoms with E-state index in [9.17, 15) is 4.39 Å². The Hall–Kier alpha value is -1.68. The van der Waals surface area contributed by atoms with Crippen molar-refractivity contribution in [3.8, 4) is 5.75 Å². The van der Waals surface area contributed by atoms with Gasteiger partial charge in [-0.1, -0.05) is 6.07 Å². The molecule has 3 nitrogen and oxygen atoms in total. The fraction of sp³-hybridized carbons (Fsp3) is 0.308. The van der Waals surface area contributed by atoms with Gasteiger partial charge in [0.2, 0.25) is 0 Å². The number of fused-ring (bicyclic) bond motifs is 2. The van der Waals surface area contributed by atoms with Gasteiger partial charge in [-0.15, -0.1) is 0 Å². The number of hydrogen-bond acceptors (Lipinski definition) is 3. The molecule has 1 aliphatic heterocycles. The Morgan fingerprint density at radius 1 is 1.41 bits per heavy atom. The molecule has 1 aliphatic rings. The van der Waals surface area contributed by atoms with Crippen LogP contribution in [0, 0.1) is 5.82 Å². The predicted molar refractivity (Wildman–Crippen MR) is 63.7 cm³/mol. The molecule has 0 amide bonds. The lowest BCUT2D eigenvalue weighted by Gasteiger charge is -2.20. The van der Waals surface area contributed by atoms with E-state index in [2.05, 4.69) is 10.3 Å². The van der Waals surface area contributed by atoms with Crippen LogP contribution in [0.4, 0.5) is 4.39 Å². The number of hydrogen-bond donors (Lipinski definition) is 1. The molecule has 0 fully saturated rings. The molecule has 0 saturated carbocycles. The fourth-order valence-electron chi connectivity index (χ4n) is 2.35. The van der Waals surface area contributed by atoms with Crippen LogP contribution in [0.1, 0.15) is 11.3 Å². The summed E-state index contributed by atoms with van der Waals surface area (Å²) in [6.45, 7) is 1.61. The van der Waals surface area contributed by atoms with Gasteiger partial charge < -0.3 is 10.1 Å². The molecule has 0 atom stereocenters. The van der Waals surface area contributed by atoms with Gasteiger partial charge in [-0.05, 0) is 12.1 Å². The van der Waals surface area contributed by atoms with Crippen LogP contribution in [0.25, 0.3) is 10.9 Å². The minimum atomic E-state index is -0.290. The Balaban J connectivity index is 2.39. The zero-order valence-electron chi connectivity index (χ0n) is 9.59. The summed E-state index contributed by atoms with van der Waals surface area (Å²) >= 11 is 0. The zero-order valence-corrected chi connectivity index (χ0v) is 9.59. The molecule has 17 heavy (non-hydrogen) atoms. The summed E-state index contributed by atoms with van der Waals surface area (Å²) in [6.07, 6.45) is 0.815. The van der Waals surface area contributed by atoms with Crippen molar-refractivity contribution in [2.45, 2.75) is 13.0 Å². The maximum absolute atomic E-state index is 13.7. The van der Waals surface area contributed by atoms with E-state index in [-0.39, 0.29) is 5.82 Å². The van der Waals surface area contributed by atoms with E-state index in [1.165, 1.54) is 6.07 Å². The van der Waals surface area contributed by atoms with E-state index < -0.39 is 0 Å². The average molecular weight is 232 g/mol. The predicted octanol–water partition coefficient (Wildman–Crippen LogP) is 2.03. The second-order valence-electron chi connectivity index (χ2n) is 4.13. The lowest BCUT2D eigenvalue weighted by Crippen LogP contribution is -2.25. The number of rotatable bonds is 1. The summed E-state index contributed by atoms with van der Waals surface area (Å²) in [4.78, 5) is 4.43. The topological polar surface area (TPSA) is 34.1 Å². The minimum Gasteiger partial charge on any atom is -0.496 e. The van der Waals surface area contributed by atoms with E-state index in [1.54, 1.807) is 13.2 Å². The number of benzene rings is 1. The first-order chi connectivity index (χ1) is 8.31. The molecule has 0 spiro atoms. The van der Waals surface area contributed by atoms with Crippen molar-refractivity contribution in [3.05, 3.63) is 35.3 Å². The van der Waals surface area contributed by atoms with Crippen LogP contribution in [0.5, 0.6) is 5.75 Å². The number of halogens is 1. The average Bonchev–Trinajstić information content (AvgIpc) is 2.37. The first-order valence-corrected chi connectivity index (χ1v) is 5.66. The molecule has 0 radical (unpaired) electrons. The van der Waals surface area contributed by atoms with Crippen LogP contribution < -0.4 is 10.1 Å². The van der Waals surface area contributed by atoms with Crippen LogP contribution >= 0.6 is 0 Å². The van der Waals surface area contributed by atoms with Gasteiger partial charge in [-0.25, -0.2) is 9.37 Å². The number of aromatic nitrogens is 1. The molecule has 88 valence electrons. The van der Waals surface area contributed by atoms with E-state index in [0.29, 0.717) is 5.52 Å². The van der Waals surface area contributed by atoms with Crippen molar-refractivity contribution >= 4 is 10.9 Å². The third kappa shape index (κ3) is 1.56. The van der Waals surface area contributed by atoms with Crippen LogP contribution in [0.3, 0.4) is 0 Å². The zero-order chi connectivity index (χ0) is 11.8. The van der Waals surface area contributed by atoms with E-state index in [4.69, 9.17) is 4.74 Å². The summed E-state index contributed by atoms with van der Waals surface area (Å²) in [5.74, 6) is 0.457. The molecular weight excluding hydrogens is 219 g/mol. The van der Waals surface area contributed by atoms with Crippen LogP contribution in [0.2, 0.25) is 0 Å². The van der Waals surface area contributed by atoms with Gasteiger partial charge in [-0.3, -0.25) is 0 Å². The summed E-state index contributed by atoms with van der Waals surface area (Å²) in [5, 5.41) is 4.03. The molecule has 2 heterocycles. The smallest absolute Gasteiger partial charge is 0.149 e. The SMILES string of the molecule is COc1c2c(nc3c(F)cccc13)CCNC2. The largest absolute Gasteiger partial charge is 0.496 e. The maximum atomic E-state index is 13.7. The lowest BCUT2D eigenvalue weighted by atomic mass is 10.0. The van der Waals surface area contributed by atoms with E-state index in [1.807, 2.05) is 6.07 Å². The molecule has 4 heteroatoms. The molecule has 0 unspecified atom stereocenters. The number of methoxy groups -OCH3 is 1. The second-order valence-corrected chi connectivity index (χ2v) is 4.13. The number of pyridine rings is 1. The quantitative estimate of drug-likeness (QED) is 0.816.